The van der Waals surface area contributed by atoms with Gasteiger partial charge in [-0.25, -0.2) is 4.79 Å². The number of benzene rings is 1. The van der Waals surface area contributed by atoms with E-state index in [0.29, 0.717) is 0 Å². The van der Waals surface area contributed by atoms with Crippen LogP contribution in [0.15, 0.2) is 23.1 Å². The summed E-state index contributed by atoms with van der Waals surface area (Å²) >= 11 is 0. The van der Waals surface area contributed by atoms with Crippen molar-refractivity contribution >= 4 is 22.0 Å². The van der Waals surface area contributed by atoms with Crippen molar-refractivity contribution in [2.75, 3.05) is 5.32 Å². The number of hydrogen-bond donors (Lipinski definition) is 3. The molecule has 9 nitrogen and oxygen atoms in total. The lowest BCUT2D eigenvalue weighted by Crippen LogP contribution is -2.12. The molecule has 122 valence electrons. The van der Waals surface area contributed by atoms with Crippen molar-refractivity contribution in [2.45, 2.75) is 11.4 Å². The third-order valence-electron chi connectivity index (χ3n) is 2.62. The van der Waals surface area contributed by atoms with E-state index in [-0.39, 0.29) is 17.7 Å². The predicted octanol–water partition coefficient (Wildman–Crippen LogP) is 0.707. The van der Waals surface area contributed by atoms with E-state index in [1.54, 1.807) is 0 Å². The second kappa shape index (κ2) is 6.18. The maximum absolute atomic E-state index is 12.8. The molecule has 0 bridgehead atoms. The van der Waals surface area contributed by atoms with E-state index in [1.807, 2.05) is 0 Å². The number of carbonyl (C=O) groups is 1. The first-order valence-electron chi connectivity index (χ1n) is 5.81. The van der Waals surface area contributed by atoms with Gasteiger partial charge in [0.05, 0.1) is 10.5 Å². The Hall–Kier alpha value is -2.73. The Kier molecular flexibility index (Phi) is 4.47. The molecule has 3 N–H and O–H groups in total. The Bertz CT molecular complexity index is 854. The molecule has 0 amide bonds. The van der Waals surface area contributed by atoms with Crippen LogP contribution in [-0.4, -0.2) is 39.0 Å². The van der Waals surface area contributed by atoms with Crippen LogP contribution in [0.3, 0.4) is 0 Å². The van der Waals surface area contributed by atoms with Crippen molar-refractivity contribution in [3.63, 3.8) is 0 Å². The molecule has 0 saturated carbocycles. The van der Waals surface area contributed by atoms with Crippen LogP contribution in [0.5, 0.6) is 0 Å². The minimum atomic E-state index is -4.55. The lowest BCUT2D eigenvalue weighted by atomic mass is 10.1. The molecule has 0 atom stereocenters. The van der Waals surface area contributed by atoms with E-state index in [2.05, 4.69) is 20.3 Å². The van der Waals surface area contributed by atoms with Gasteiger partial charge in [-0.15, -0.1) is 0 Å². The number of hydrogen-bond acceptors (Lipinski definition) is 7. The van der Waals surface area contributed by atoms with Crippen LogP contribution in [0.4, 0.5) is 14.7 Å². The number of anilines is 1. The average molecular weight is 346 g/mol. The molecule has 0 unspecified atom stereocenters. The van der Waals surface area contributed by atoms with E-state index < -0.39 is 39.1 Å². The maximum Gasteiger partial charge on any atom is 0.336 e. The average Bonchev–Trinajstić information content (AvgIpc) is 2.42. The zero-order valence-electron chi connectivity index (χ0n) is 11.1. The predicted molar refractivity (Wildman–Crippen MR) is 70.3 cm³/mol. The number of aromatic carboxylic acids is 1. The minimum absolute atomic E-state index is 0.0751. The Labute approximate surface area is 127 Å². The zero-order chi connectivity index (χ0) is 17.2. The summed E-state index contributed by atoms with van der Waals surface area (Å²) < 4.78 is 56.8. The van der Waals surface area contributed by atoms with Crippen LogP contribution in [0.1, 0.15) is 15.9 Å². The Morgan fingerprint density at radius 2 is 1.78 bits per heavy atom. The van der Waals surface area contributed by atoms with Crippen LogP contribution < -0.4 is 5.32 Å². The van der Waals surface area contributed by atoms with Crippen LogP contribution in [0, 0.1) is 12.2 Å². The van der Waals surface area contributed by atoms with Gasteiger partial charge in [0.1, 0.15) is 0 Å². The molecule has 0 spiro atoms. The van der Waals surface area contributed by atoms with E-state index in [4.69, 9.17) is 9.66 Å². The standard InChI is InChI=1S/C11H8F2N4O5S/c12-9-15-10(13)17-11(16-9)14-4-5-3-6(23(20,21)22)1-2-7(5)8(18)19/h1-3H,4H2,(H,18,19)(H,20,21,22)(H,14,15,16,17). The van der Waals surface area contributed by atoms with Gasteiger partial charge in [0.25, 0.3) is 10.1 Å². The normalized spacial score (nSPS) is 11.3. The Morgan fingerprint density at radius 3 is 2.30 bits per heavy atom. The van der Waals surface area contributed by atoms with Gasteiger partial charge >= 0.3 is 18.1 Å². The highest BCUT2D eigenvalue weighted by Gasteiger charge is 2.16. The summed E-state index contributed by atoms with van der Waals surface area (Å²) in [6.45, 7) is -0.367. The molecule has 23 heavy (non-hydrogen) atoms. The first kappa shape index (κ1) is 16.6. The second-order valence-electron chi connectivity index (χ2n) is 4.15. The Balaban J connectivity index is 2.35. The number of nitrogens with one attached hydrogen (secondary N) is 1. The fourth-order valence-electron chi connectivity index (χ4n) is 1.66. The van der Waals surface area contributed by atoms with Crippen molar-refractivity contribution in [1.82, 2.24) is 15.0 Å². The monoisotopic (exact) mass is 346 g/mol. The molecule has 1 heterocycles. The van der Waals surface area contributed by atoms with Gasteiger partial charge in [0.15, 0.2) is 0 Å². The van der Waals surface area contributed by atoms with Crippen molar-refractivity contribution in [3.05, 3.63) is 41.5 Å². The van der Waals surface area contributed by atoms with Gasteiger partial charge in [-0.3, -0.25) is 4.55 Å². The molecule has 2 aromatic rings. The third-order valence-corrected chi connectivity index (χ3v) is 3.47. The van der Waals surface area contributed by atoms with Gasteiger partial charge in [-0.05, 0) is 23.8 Å². The van der Waals surface area contributed by atoms with Crippen LogP contribution in [-0.2, 0) is 16.7 Å². The van der Waals surface area contributed by atoms with E-state index >= 15 is 0 Å². The smallest absolute Gasteiger partial charge is 0.336 e. The summed E-state index contributed by atoms with van der Waals surface area (Å²) in [7, 11) is -4.55. The van der Waals surface area contributed by atoms with Gasteiger partial charge in [-0.1, -0.05) is 0 Å². The number of carboxylic acids is 1. The van der Waals surface area contributed by atoms with Gasteiger partial charge in [-0.2, -0.15) is 32.2 Å². The van der Waals surface area contributed by atoms with Crippen LogP contribution in [0.2, 0.25) is 0 Å². The first-order valence-corrected chi connectivity index (χ1v) is 7.25. The van der Waals surface area contributed by atoms with Crippen molar-refractivity contribution in [1.29, 1.82) is 0 Å². The number of halogens is 2. The van der Waals surface area contributed by atoms with Crippen LogP contribution in [0.25, 0.3) is 0 Å². The fourth-order valence-corrected chi connectivity index (χ4v) is 2.20. The lowest BCUT2D eigenvalue weighted by molar-refractivity contribution is 0.0695. The summed E-state index contributed by atoms with van der Waals surface area (Å²) in [5.74, 6) is -1.87. The molecule has 0 aliphatic carbocycles. The molecule has 2 rings (SSSR count). The molecule has 0 fully saturated rings. The van der Waals surface area contributed by atoms with E-state index in [1.165, 1.54) is 0 Å². The topological polar surface area (TPSA) is 142 Å². The number of nitrogens with zero attached hydrogens (tertiary/aromatic N) is 3. The van der Waals surface area contributed by atoms with Gasteiger partial charge in [0, 0.05) is 6.54 Å². The molecular formula is C11H8F2N4O5S. The number of aromatic nitrogens is 3. The van der Waals surface area contributed by atoms with Crippen molar-refractivity contribution < 1.29 is 31.7 Å². The van der Waals surface area contributed by atoms with Crippen molar-refractivity contribution in [3.8, 4) is 0 Å². The quantitative estimate of drug-likeness (QED) is 0.667. The second-order valence-corrected chi connectivity index (χ2v) is 5.57. The number of carboxylic acid groups (broad SMARTS) is 1. The zero-order valence-corrected chi connectivity index (χ0v) is 11.9. The summed E-state index contributed by atoms with van der Waals surface area (Å²) in [6.07, 6.45) is -2.77. The van der Waals surface area contributed by atoms with Crippen molar-refractivity contribution in [2.24, 2.45) is 0 Å². The highest BCUT2D eigenvalue weighted by atomic mass is 32.2. The molecule has 0 saturated heterocycles. The molecule has 12 heteroatoms. The minimum Gasteiger partial charge on any atom is -0.478 e. The number of rotatable bonds is 5. The van der Waals surface area contributed by atoms with Gasteiger partial charge < -0.3 is 10.4 Å². The largest absolute Gasteiger partial charge is 0.478 e. The summed E-state index contributed by atoms with van der Waals surface area (Å²) in [6, 6.07) is 2.78. The third kappa shape index (κ3) is 4.14. The molecule has 1 aromatic heterocycles. The molecule has 0 aliphatic rings. The molecule has 0 aliphatic heterocycles. The molecule has 0 radical (unpaired) electrons. The molecule has 1 aromatic carbocycles. The van der Waals surface area contributed by atoms with E-state index in [0.717, 1.165) is 18.2 Å². The van der Waals surface area contributed by atoms with Crippen LogP contribution >= 0.6 is 0 Å². The first-order chi connectivity index (χ1) is 10.7. The SMILES string of the molecule is O=C(O)c1ccc(S(=O)(=O)O)cc1CNc1nc(F)nc(F)n1. The maximum atomic E-state index is 12.8. The highest BCUT2D eigenvalue weighted by Crippen LogP contribution is 2.17. The van der Waals surface area contributed by atoms with E-state index in [9.17, 15) is 22.0 Å². The molecular weight excluding hydrogens is 338 g/mol. The highest BCUT2D eigenvalue weighted by molar-refractivity contribution is 7.85. The summed E-state index contributed by atoms with van der Waals surface area (Å²) in [5.41, 5.74) is -0.353. The lowest BCUT2D eigenvalue weighted by Gasteiger charge is -2.09. The Morgan fingerprint density at radius 1 is 1.17 bits per heavy atom. The van der Waals surface area contributed by atoms with Gasteiger partial charge in [0.2, 0.25) is 5.95 Å². The summed E-state index contributed by atoms with van der Waals surface area (Å²) in [5, 5.41) is 11.4. The fraction of sp³-hybridized carbons (Fsp3) is 0.0909. The summed E-state index contributed by atoms with van der Waals surface area (Å²) in [4.78, 5) is 19.5.